The summed E-state index contributed by atoms with van der Waals surface area (Å²) in [7, 11) is 0. The van der Waals surface area contributed by atoms with E-state index in [9.17, 15) is 5.26 Å². The topological polar surface area (TPSA) is 45.9 Å². The smallest absolute Gasteiger partial charge is 0.232 e. The Balaban J connectivity index is 2.34. The molecule has 0 spiro atoms. The summed E-state index contributed by atoms with van der Waals surface area (Å²) in [5.74, 6) is 0.996. The number of hydrogen-bond donors (Lipinski definition) is 0. The van der Waals surface area contributed by atoms with E-state index in [1.165, 1.54) is 0 Å². The third-order valence-corrected chi connectivity index (χ3v) is 2.93. The third-order valence-electron chi connectivity index (χ3n) is 2.93. The minimum absolute atomic E-state index is 0.0563. The summed E-state index contributed by atoms with van der Waals surface area (Å²) in [4.78, 5) is 4.45. The van der Waals surface area contributed by atoms with Crippen LogP contribution < -0.4 is 4.74 Å². The molecule has 1 atom stereocenters. The number of nitriles is 1. The van der Waals surface area contributed by atoms with Gasteiger partial charge in [0.25, 0.3) is 0 Å². The van der Waals surface area contributed by atoms with Gasteiger partial charge in [-0.25, -0.2) is 4.98 Å². The van der Waals surface area contributed by atoms with Crippen LogP contribution in [0.2, 0.25) is 0 Å². The first-order valence-electron chi connectivity index (χ1n) is 6.56. The maximum atomic E-state index is 9.20. The highest BCUT2D eigenvalue weighted by Gasteiger charge is 2.12. The maximum Gasteiger partial charge on any atom is 0.232 e. The molecule has 1 heterocycles. The van der Waals surface area contributed by atoms with E-state index in [4.69, 9.17) is 4.74 Å². The zero-order valence-electron chi connectivity index (χ0n) is 11.6. The first-order valence-corrected chi connectivity index (χ1v) is 6.56. The highest BCUT2D eigenvalue weighted by Crippen LogP contribution is 2.23. The standard InChI is InChI=1S/C16H18N2O/c1-11(2)8-12(3)19-16-14(10-17)9-13-6-4-5-7-15(13)18-16/h4-7,9,11-12H,8H2,1-3H3. The monoisotopic (exact) mass is 254 g/mol. The number of nitrogens with zero attached hydrogens (tertiary/aromatic N) is 2. The largest absolute Gasteiger partial charge is 0.474 e. The van der Waals surface area contributed by atoms with Gasteiger partial charge in [0.05, 0.1) is 11.6 Å². The fourth-order valence-corrected chi connectivity index (χ4v) is 2.17. The van der Waals surface area contributed by atoms with Crippen LogP contribution in [0.1, 0.15) is 32.8 Å². The van der Waals surface area contributed by atoms with Gasteiger partial charge in [-0.05, 0) is 31.4 Å². The van der Waals surface area contributed by atoms with Gasteiger partial charge in [-0.3, -0.25) is 0 Å². The van der Waals surface area contributed by atoms with Crippen LogP contribution in [0.3, 0.4) is 0 Å². The Hall–Kier alpha value is -2.08. The van der Waals surface area contributed by atoms with Crippen molar-refractivity contribution in [1.82, 2.24) is 4.98 Å². The summed E-state index contributed by atoms with van der Waals surface area (Å²) >= 11 is 0. The molecule has 0 aliphatic heterocycles. The first-order chi connectivity index (χ1) is 9.10. The SMILES string of the molecule is CC(C)CC(C)Oc1nc2ccccc2cc1C#N. The van der Waals surface area contributed by atoms with Crippen molar-refractivity contribution in [1.29, 1.82) is 5.26 Å². The van der Waals surface area contributed by atoms with Crippen molar-refractivity contribution in [3.8, 4) is 11.9 Å². The third kappa shape index (κ3) is 3.23. The minimum Gasteiger partial charge on any atom is -0.474 e. The lowest BCUT2D eigenvalue weighted by molar-refractivity contribution is 0.186. The molecule has 2 aromatic rings. The summed E-state index contributed by atoms with van der Waals surface area (Å²) in [5, 5.41) is 10.2. The number of rotatable bonds is 4. The molecule has 2 rings (SSSR count). The highest BCUT2D eigenvalue weighted by atomic mass is 16.5. The molecule has 0 bridgehead atoms. The molecule has 0 N–H and O–H groups in total. The Labute approximate surface area is 113 Å². The molecule has 0 fully saturated rings. The molecule has 0 aliphatic rings. The lowest BCUT2D eigenvalue weighted by atomic mass is 10.1. The Morgan fingerprint density at radius 2 is 2.00 bits per heavy atom. The van der Waals surface area contributed by atoms with Crippen LogP contribution in [0.25, 0.3) is 10.9 Å². The van der Waals surface area contributed by atoms with E-state index in [-0.39, 0.29) is 6.10 Å². The van der Waals surface area contributed by atoms with Gasteiger partial charge in [-0.2, -0.15) is 5.26 Å². The lowest BCUT2D eigenvalue weighted by Crippen LogP contribution is -2.16. The number of para-hydroxylation sites is 1. The van der Waals surface area contributed by atoms with Gasteiger partial charge >= 0.3 is 0 Å². The molecule has 0 saturated carbocycles. The van der Waals surface area contributed by atoms with E-state index in [0.29, 0.717) is 17.4 Å². The number of aromatic nitrogens is 1. The molecule has 3 nitrogen and oxygen atoms in total. The molecule has 1 aromatic heterocycles. The Bertz CT molecular complexity index is 614. The zero-order chi connectivity index (χ0) is 13.8. The minimum atomic E-state index is 0.0563. The van der Waals surface area contributed by atoms with E-state index in [2.05, 4.69) is 24.9 Å². The summed E-state index contributed by atoms with van der Waals surface area (Å²) in [5.41, 5.74) is 1.35. The molecule has 0 saturated heterocycles. The average molecular weight is 254 g/mol. The predicted molar refractivity (Wildman–Crippen MR) is 76.0 cm³/mol. The summed E-state index contributed by atoms with van der Waals surface area (Å²) in [6.07, 6.45) is 1.00. The highest BCUT2D eigenvalue weighted by molar-refractivity contribution is 5.80. The number of fused-ring (bicyclic) bond motifs is 1. The molecule has 0 aliphatic carbocycles. The number of ether oxygens (including phenoxy) is 1. The molecular weight excluding hydrogens is 236 g/mol. The molecule has 1 unspecified atom stereocenters. The summed E-state index contributed by atoms with van der Waals surface area (Å²) < 4.78 is 5.82. The Morgan fingerprint density at radius 3 is 2.68 bits per heavy atom. The van der Waals surface area contributed by atoms with Gasteiger partial charge in [-0.1, -0.05) is 32.0 Å². The lowest BCUT2D eigenvalue weighted by Gasteiger charge is -2.16. The van der Waals surface area contributed by atoms with Crippen molar-refractivity contribution in [2.24, 2.45) is 5.92 Å². The molecule has 0 amide bonds. The second-order valence-corrected chi connectivity index (χ2v) is 5.20. The normalized spacial score (nSPS) is 12.4. The number of pyridine rings is 1. The maximum absolute atomic E-state index is 9.20. The summed E-state index contributed by atoms with van der Waals surface area (Å²) in [6, 6.07) is 11.7. The van der Waals surface area contributed by atoms with E-state index < -0.39 is 0 Å². The van der Waals surface area contributed by atoms with Gasteiger partial charge in [0.1, 0.15) is 11.6 Å². The van der Waals surface area contributed by atoms with Crippen molar-refractivity contribution in [2.45, 2.75) is 33.3 Å². The van der Waals surface area contributed by atoms with Crippen molar-refractivity contribution < 1.29 is 4.74 Å². The van der Waals surface area contributed by atoms with Crippen LogP contribution >= 0.6 is 0 Å². The van der Waals surface area contributed by atoms with Crippen LogP contribution in [0, 0.1) is 17.2 Å². The van der Waals surface area contributed by atoms with Gasteiger partial charge in [0.15, 0.2) is 0 Å². The summed E-state index contributed by atoms with van der Waals surface area (Å²) in [6.45, 7) is 6.32. The van der Waals surface area contributed by atoms with Crippen molar-refractivity contribution in [3.63, 3.8) is 0 Å². The second-order valence-electron chi connectivity index (χ2n) is 5.20. The van der Waals surface area contributed by atoms with Gasteiger partial charge < -0.3 is 4.74 Å². The van der Waals surface area contributed by atoms with Crippen LogP contribution in [0.5, 0.6) is 5.88 Å². The average Bonchev–Trinajstić information content (AvgIpc) is 2.36. The van der Waals surface area contributed by atoms with Crippen LogP contribution in [0.15, 0.2) is 30.3 Å². The van der Waals surface area contributed by atoms with Crippen LogP contribution in [0.4, 0.5) is 0 Å². The van der Waals surface area contributed by atoms with Gasteiger partial charge in [0.2, 0.25) is 5.88 Å². The molecular formula is C16H18N2O. The molecule has 19 heavy (non-hydrogen) atoms. The first kappa shape index (κ1) is 13.4. The quantitative estimate of drug-likeness (QED) is 0.830. The van der Waals surface area contributed by atoms with Crippen molar-refractivity contribution in [3.05, 3.63) is 35.9 Å². The molecule has 3 heteroatoms. The van der Waals surface area contributed by atoms with Gasteiger partial charge in [0, 0.05) is 5.39 Å². The van der Waals surface area contributed by atoms with E-state index in [1.54, 1.807) is 0 Å². The van der Waals surface area contributed by atoms with Gasteiger partial charge in [-0.15, -0.1) is 0 Å². The Kier molecular flexibility index (Phi) is 4.01. The van der Waals surface area contributed by atoms with E-state index >= 15 is 0 Å². The van der Waals surface area contributed by atoms with Crippen LogP contribution in [-0.4, -0.2) is 11.1 Å². The van der Waals surface area contributed by atoms with Crippen molar-refractivity contribution >= 4 is 10.9 Å². The molecule has 1 aromatic carbocycles. The predicted octanol–water partition coefficient (Wildman–Crippen LogP) is 3.92. The fraction of sp³-hybridized carbons (Fsp3) is 0.375. The molecule has 98 valence electrons. The van der Waals surface area contributed by atoms with E-state index in [1.807, 2.05) is 37.3 Å². The van der Waals surface area contributed by atoms with Crippen LogP contribution in [-0.2, 0) is 0 Å². The fourth-order valence-electron chi connectivity index (χ4n) is 2.17. The van der Waals surface area contributed by atoms with E-state index in [0.717, 1.165) is 17.3 Å². The Morgan fingerprint density at radius 1 is 1.26 bits per heavy atom. The second kappa shape index (κ2) is 5.71. The molecule has 0 radical (unpaired) electrons. The van der Waals surface area contributed by atoms with Crippen molar-refractivity contribution in [2.75, 3.05) is 0 Å². The number of hydrogen-bond acceptors (Lipinski definition) is 3. The zero-order valence-corrected chi connectivity index (χ0v) is 11.6. The number of benzene rings is 1.